The smallest absolute Gasteiger partial charge is 0.320 e. The van der Waals surface area contributed by atoms with E-state index in [4.69, 9.17) is 11.6 Å². The molecule has 0 N–H and O–H groups in total. The minimum atomic E-state index is -0.392. The van der Waals surface area contributed by atoms with Crippen LogP contribution in [0, 0.1) is 0 Å². The van der Waals surface area contributed by atoms with Gasteiger partial charge in [-0.2, -0.15) is 0 Å². The van der Waals surface area contributed by atoms with Crippen LogP contribution in [0.2, 0.25) is 0 Å². The third kappa shape index (κ3) is 2.03. The molecular weight excluding hydrogens is 105 g/mol. The number of hydrogen-bond donors (Lipinski definition) is 0. The maximum absolute atomic E-state index is 9.83. The molecule has 0 fully saturated rings. The van der Waals surface area contributed by atoms with Crippen LogP contribution in [0.4, 0.5) is 0 Å². The van der Waals surface area contributed by atoms with Crippen molar-refractivity contribution in [1.82, 2.24) is 0 Å². The zero-order valence-electron chi connectivity index (χ0n) is 3.40. The maximum Gasteiger partial charge on any atom is 0.320 e. The Labute approximate surface area is 41.0 Å². The molecule has 2 nitrogen and oxygen atoms in total. The molecule has 3 heteroatoms. The number of rotatable bonds is 1. The number of carbonyl (C=O) groups is 1. The van der Waals surface area contributed by atoms with E-state index in [1.807, 2.05) is 0 Å². The van der Waals surface area contributed by atoms with Gasteiger partial charge in [-0.1, -0.05) is 0 Å². The largest absolute Gasteiger partial charge is 0.468 e. The van der Waals surface area contributed by atoms with Crippen LogP contribution in [-0.4, -0.2) is 19.0 Å². The van der Waals surface area contributed by atoms with E-state index in [9.17, 15) is 4.79 Å². The Morgan fingerprint density at radius 3 is 2.50 bits per heavy atom. The van der Waals surface area contributed by atoms with Crippen molar-refractivity contribution in [1.29, 1.82) is 0 Å². The van der Waals surface area contributed by atoms with Gasteiger partial charge < -0.3 is 4.74 Å². The lowest BCUT2D eigenvalue weighted by atomic mass is 11.5. The van der Waals surface area contributed by atoms with Crippen LogP contribution in [0.15, 0.2) is 0 Å². The third-order valence-electron chi connectivity index (χ3n) is 0.337. The fraction of sp³-hybridized carbons (Fsp3) is 0.667. The molecule has 0 saturated heterocycles. The number of esters is 1. The average molecular weight is 111 g/mol. The normalized spacial score (nSPS) is 7.67. The summed E-state index contributed by atoms with van der Waals surface area (Å²) in [5.41, 5.74) is 0. The standard InChI is InChI=1S/C3H5ClO2/c1-6-3(5)2-4/h2H2,1H3/i3+2. The van der Waals surface area contributed by atoms with Crippen molar-refractivity contribution >= 4 is 17.6 Å². The predicted molar refractivity (Wildman–Crippen MR) is 22.7 cm³/mol. The van der Waals surface area contributed by atoms with Crippen molar-refractivity contribution in [2.75, 3.05) is 13.0 Å². The van der Waals surface area contributed by atoms with Gasteiger partial charge in [0, 0.05) is 0 Å². The minimum Gasteiger partial charge on any atom is -0.468 e. The van der Waals surface area contributed by atoms with Crippen LogP contribution in [0.25, 0.3) is 0 Å². The van der Waals surface area contributed by atoms with E-state index in [0.717, 1.165) is 0 Å². The highest BCUT2D eigenvalue weighted by atomic mass is 35.5. The Balaban J connectivity index is 2.99. The Bertz CT molecular complexity index is 46.8. The van der Waals surface area contributed by atoms with Gasteiger partial charge in [0.25, 0.3) is 0 Å². The molecule has 0 aliphatic rings. The summed E-state index contributed by atoms with van der Waals surface area (Å²) < 4.78 is 4.13. The number of carbonyl (C=O) groups excluding carboxylic acids is 1. The first-order valence-electron chi connectivity index (χ1n) is 1.44. The topological polar surface area (TPSA) is 26.3 Å². The van der Waals surface area contributed by atoms with Crippen molar-refractivity contribution in [3.63, 3.8) is 0 Å². The predicted octanol–water partition coefficient (Wildman–Crippen LogP) is 0.398. The molecule has 36 valence electrons. The number of halogens is 1. The highest BCUT2D eigenvalue weighted by Gasteiger charge is 1.89. The molecule has 0 aromatic rings. The molecule has 0 bridgehead atoms. The SMILES string of the molecule is CO[14C](=O)CCl. The van der Waals surface area contributed by atoms with Gasteiger partial charge in [0.15, 0.2) is 0 Å². The van der Waals surface area contributed by atoms with E-state index in [1.54, 1.807) is 0 Å². The first-order chi connectivity index (χ1) is 2.81. The van der Waals surface area contributed by atoms with Crippen molar-refractivity contribution in [2.24, 2.45) is 0 Å². The molecular formula is C3H5ClO2. The summed E-state index contributed by atoms with van der Waals surface area (Å²) in [6.45, 7) is 0. The lowest BCUT2D eigenvalue weighted by Crippen LogP contribution is -1.99. The van der Waals surface area contributed by atoms with Crippen molar-refractivity contribution < 1.29 is 9.53 Å². The highest BCUT2D eigenvalue weighted by molar-refractivity contribution is 6.26. The van der Waals surface area contributed by atoms with Crippen LogP contribution >= 0.6 is 11.6 Å². The Kier molecular flexibility index (Phi) is 2.85. The molecule has 0 heterocycles. The van der Waals surface area contributed by atoms with Gasteiger partial charge in [-0.3, -0.25) is 4.79 Å². The van der Waals surface area contributed by atoms with Gasteiger partial charge in [-0.05, 0) is 0 Å². The van der Waals surface area contributed by atoms with Gasteiger partial charge in [0.1, 0.15) is 5.88 Å². The summed E-state index contributed by atoms with van der Waals surface area (Å²) in [5, 5.41) is 0. The molecule has 0 saturated carbocycles. The molecule has 0 atom stereocenters. The highest BCUT2D eigenvalue weighted by Crippen LogP contribution is 1.75. The van der Waals surface area contributed by atoms with Crippen LogP contribution < -0.4 is 0 Å². The van der Waals surface area contributed by atoms with Gasteiger partial charge in [-0.15, -0.1) is 11.6 Å². The molecule has 0 radical (unpaired) electrons. The lowest BCUT2D eigenvalue weighted by molar-refractivity contribution is -0.137. The van der Waals surface area contributed by atoms with Crippen molar-refractivity contribution in [3.05, 3.63) is 0 Å². The van der Waals surface area contributed by atoms with E-state index in [0.29, 0.717) is 0 Å². The molecule has 0 aliphatic heterocycles. The molecule has 0 aromatic carbocycles. The maximum atomic E-state index is 9.83. The molecule has 0 aliphatic carbocycles. The number of methoxy groups -OCH3 is 1. The van der Waals surface area contributed by atoms with E-state index in [2.05, 4.69) is 4.74 Å². The van der Waals surface area contributed by atoms with E-state index < -0.39 is 5.97 Å². The second-order valence-electron chi connectivity index (χ2n) is 0.710. The quantitative estimate of drug-likeness (QED) is 0.361. The van der Waals surface area contributed by atoms with E-state index in [1.165, 1.54) is 7.11 Å². The summed E-state index contributed by atoms with van der Waals surface area (Å²) in [7, 11) is 1.30. The summed E-state index contributed by atoms with van der Waals surface area (Å²) in [6, 6.07) is 0. The van der Waals surface area contributed by atoms with E-state index in [-0.39, 0.29) is 5.88 Å². The molecule has 0 amide bonds. The third-order valence-corrected chi connectivity index (χ3v) is 0.555. The molecule has 0 rings (SSSR count). The molecule has 6 heavy (non-hydrogen) atoms. The number of alkyl halides is 1. The lowest BCUT2D eigenvalue weighted by Gasteiger charge is -1.85. The van der Waals surface area contributed by atoms with Gasteiger partial charge in [-0.25, -0.2) is 0 Å². The minimum absolute atomic E-state index is 0.0590. The zero-order valence-corrected chi connectivity index (χ0v) is 4.16. The Morgan fingerprint density at radius 2 is 2.50 bits per heavy atom. The van der Waals surface area contributed by atoms with Gasteiger partial charge in [0.05, 0.1) is 7.11 Å². The molecule has 0 spiro atoms. The summed E-state index contributed by atoms with van der Waals surface area (Å²) in [5.74, 6) is -0.451. The van der Waals surface area contributed by atoms with Crippen LogP contribution in [-0.2, 0) is 9.53 Å². The average Bonchev–Trinajstić information content (AvgIpc) is 1.65. The zero-order chi connectivity index (χ0) is 4.99. The van der Waals surface area contributed by atoms with E-state index >= 15 is 0 Å². The first-order valence-corrected chi connectivity index (χ1v) is 1.97. The number of ether oxygens (including phenoxy) is 1. The van der Waals surface area contributed by atoms with Gasteiger partial charge in [0.2, 0.25) is 0 Å². The Morgan fingerprint density at radius 1 is 2.00 bits per heavy atom. The van der Waals surface area contributed by atoms with Crippen molar-refractivity contribution in [2.45, 2.75) is 0 Å². The first kappa shape index (κ1) is 5.76. The second-order valence-corrected chi connectivity index (χ2v) is 0.977. The summed E-state index contributed by atoms with van der Waals surface area (Å²) >= 11 is 4.98. The summed E-state index contributed by atoms with van der Waals surface area (Å²) in [4.78, 5) is 9.83. The fourth-order valence-electron chi connectivity index (χ4n) is 0.0546. The monoisotopic (exact) mass is 110 g/mol. The molecule has 0 aromatic heterocycles. The van der Waals surface area contributed by atoms with Crippen LogP contribution in [0.5, 0.6) is 0 Å². The number of hydrogen-bond acceptors (Lipinski definition) is 2. The molecule has 0 unspecified atom stereocenters. The van der Waals surface area contributed by atoms with Crippen molar-refractivity contribution in [3.8, 4) is 0 Å². The Hall–Kier alpha value is -0.240. The summed E-state index contributed by atoms with van der Waals surface area (Å²) in [6.07, 6.45) is 0. The fourth-order valence-corrected chi connectivity index (χ4v) is 0.164. The van der Waals surface area contributed by atoms with Gasteiger partial charge >= 0.3 is 5.97 Å². The van der Waals surface area contributed by atoms with Crippen LogP contribution in [0.1, 0.15) is 0 Å². The van der Waals surface area contributed by atoms with Crippen LogP contribution in [0.3, 0.4) is 0 Å². The second kappa shape index (κ2) is 2.97.